The second-order valence-corrected chi connectivity index (χ2v) is 5.21. The van der Waals surface area contributed by atoms with Crippen molar-refractivity contribution >= 4 is 10.9 Å². The lowest BCUT2D eigenvalue weighted by atomic mass is 9.84. The summed E-state index contributed by atoms with van der Waals surface area (Å²) in [5.41, 5.74) is 4.09. The maximum absolute atomic E-state index is 4.35. The molecule has 0 bridgehead atoms. The quantitative estimate of drug-likeness (QED) is 0.641. The molecule has 0 radical (unpaired) electrons. The molecule has 2 rings (SSSR count). The van der Waals surface area contributed by atoms with Gasteiger partial charge in [-0.25, -0.2) is 0 Å². The highest BCUT2D eigenvalue weighted by Gasteiger charge is 2.18. The van der Waals surface area contributed by atoms with Crippen LogP contribution < -0.4 is 0 Å². The van der Waals surface area contributed by atoms with Crippen LogP contribution in [0.3, 0.4) is 0 Å². The summed E-state index contributed by atoms with van der Waals surface area (Å²) < 4.78 is 1.96. The highest BCUT2D eigenvalue weighted by atomic mass is 15.2. The molecule has 2 aromatic rings. The van der Waals surface area contributed by atoms with Crippen LogP contribution in [0.15, 0.2) is 18.3 Å². The van der Waals surface area contributed by atoms with Crippen LogP contribution in [-0.4, -0.2) is 9.78 Å². The van der Waals surface area contributed by atoms with E-state index < -0.39 is 0 Å². The topological polar surface area (TPSA) is 17.8 Å². The minimum Gasteiger partial charge on any atom is -0.268 e. The van der Waals surface area contributed by atoms with Crippen molar-refractivity contribution in [3.05, 3.63) is 29.5 Å². The molecule has 0 amide bonds. The van der Waals surface area contributed by atoms with Gasteiger partial charge in [0.15, 0.2) is 0 Å². The van der Waals surface area contributed by atoms with Gasteiger partial charge in [0.05, 0.1) is 11.7 Å². The van der Waals surface area contributed by atoms with E-state index >= 15 is 0 Å². The number of fused-ring (bicyclic) bond motifs is 1. The van der Waals surface area contributed by atoms with Gasteiger partial charge in [0.2, 0.25) is 0 Å². The van der Waals surface area contributed by atoms with Crippen molar-refractivity contribution in [3.8, 4) is 0 Å². The molecule has 0 fully saturated rings. The number of hydrogen-bond donors (Lipinski definition) is 0. The molecule has 0 saturated carbocycles. The average Bonchev–Trinajstić information content (AvgIpc) is 2.47. The molecular weight excluding hydrogens is 184 g/mol. The normalized spacial score (nSPS) is 12.3. The lowest BCUT2D eigenvalue weighted by Crippen LogP contribution is -2.11. The Hall–Kier alpha value is -1.31. The molecule has 0 aliphatic heterocycles. The Labute approximate surface area is 90.9 Å². The van der Waals surface area contributed by atoms with Gasteiger partial charge in [-0.2, -0.15) is 5.10 Å². The summed E-state index contributed by atoms with van der Waals surface area (Å²) in [5, 5.41) is 5.63. The molecule has 0 spiro atoms. The van der Waals surface area contributed by atoms with E-state index in [1.807, 2.05) is 17.9 Å². The van der Waals surface area contributed by atoms with Crippen LogP contribution >= 0.6 is 0 Å². The zero-order valence-corrected chi connectivity index (χ0v) is 10.1. The largest absolute Gasteiger partial charge is 0.268 e. The summed E-state index contributed by atoms with van der Waals surface area (Å²) in [4.78, 5) is 0. The standard InChI is InChI=1S/C13H18N2/c1-9-6-7-11(13(2,3)4)10-8-14-15(5)12(9)10/h6-8H,1-5H3. The Kier molecular flexibility index (Phi) is 2.10. The molecule has 0 saturated heterocycles. The van der Waals surface area contributed by atoms with Crippen LogP contribution in [0.1, 0.15) is 31.9 Å². The molecule has 1 heterocycles. The Morgan fingerprint density at radius 1 is 1.20 bits per heavy atom. The molecule has 2 heteroatoms. The van der Waals surface area contributed by atoms with Crippen molar-refractivity contribution in [2.45, 2.75) is 33.1 Å². The molecule has 80 valence electrons. The van der Waals surface area contributed by atoms with Gasteiger partial charge >= 0.3 is 0 Å². The van der Waals surface area contributed by atoms with Crippen LogP contribution in [0.25, 0.3) is 10.9 Å². The van der Waals surface area contributed by atoms with Crippen molar-refractivity contribution in [3.63, 3.8) is 0 Å². The molecule has 15 heavy (non-hydrogen) atoms. The predicted octanol–water partition coefficient (Wildman–Crippen LogP) is 3.18. The fourth-order valence-electron chi connectivity index (χ4n) is 2.13. The fraction of sp³-hybridized carbons (Fsp3) is 0.462. The Bertz CT molecular complexity index is 501. The van der Waals surface area contributed by atoms with Crippen molar-refractivity contribution in [2.75, 3.05) is 0 Å². The van der Waals surface area contributed by atoms with Crippen molar-refractivity contribution < 1.29 is 0 Å². The van der Waals surface area contributed by atoms with Crippen LogP contribution in [0.2, 0.25) is 0 Å². The number of aromatic nitrogens is 2. The molecular formula is C13H18N2. The van der Waals surface area contributed by atoms with Crippen molar-refractivity contribution in [1.29, 1.82) is 0 Å². The first-order chi connectivity index (χ1) is 6.91. The zero-order chi connectivity index (χ0) is 11.2. The molecule has 0 unspecified atom stereocenters. The van der Waals surface area contributed by atoms with Crippen LogP contribution in [0.4, 0.5) is 0 Å². The van der Waals surface area contributed by atoms with Gasteiger partial charge in [0.25, 0.3) is 0 Å². The van der Waals surface area contributed by atoms with Crippen LogP contribution in [0, 0.1) is 6.92 Å². The molecule has 0 N–H and O–H groups in total. The van der Waals surface area contributed by atoms with E-state index in [-0.39, 0.29) is 5.41 Å². The van der Waals surface area contributed by atoms with E-state index in [9.17, 15) is 0 Å². The number of hydrogen-bond acceptors (Lipinski definition) is 1. The Morgan fingerprint density at radius 3 is 2.47 bits per heavy atom. The first-order valence-corrected chi connectivity index (χ1v) is 5.33. The Morgan fingerprint density at radius 2 is 1.87 bits per heavy atom. The number of aryl methyl sites for hydroxylation is 2. The lowest BCUT2D eigenvalue weighted by Gasteiger charge is -2.20. The van der Waals surface area contributed by atoms with Gasteiger partial charge in [0, 0.05) is 12.4 Å². The second-order valence-electron chi connectivity index (χ2n) is 5.21. The molecule has 1 aromatic heterocycles. The van der Waals surface area contributed by atoms with Gasteiger partial charge in [-0.1, -0.05) is 32.9 Å². The van der Waals surface area contributed by atoms with Crippen molar-refractivity contribution in [1.82, 2.24) is 9.78 Å². The van der Waals surface area contributed by atoms with E-state index in [2.05, 4.69) is 44.9 Å². The maximum Gasteiger partial charge on any atom is 0.0711 e. The average molecular weight is 202 g/mol. The third-order valence-corrected chi connectivity index (χ3v) is 2.91. The highest BCUT2D eigenvalue weighted by Crippen LogP contribution is 2.31. The summed E-state index contributed by atoms with van der Waals surface area (Å²) in [6, 6.07) is 4.41. The monoisotopic (exact) mass is 202 g/mol. The highest BCUT2D eigenvalue weighted by molar-refractivity contribution is 5.86. The summed E-state index contributed by atoms with van der Waals surface area (Å²) in [7, 11) is 2.00. The number of nitrogens with zero attached hydrogens (tertiary/aromatic N) is 2. The molecule has 0 aliphatic carbocycles. The predicted molar refractivity (Wildman–Crippen MR) is 64.2 cm³/mol. The van der Waals surface area contributed by atoms with E-state index in [4.69, 9.17) is 0 Å². The molecule has 0 aliphatic rings. The summed E-state index contributed by atoms with van der Waals surface area (Å²) in [6.45, 7) is 8.86. The molecule has 0 atom stereocenters. The smallest absolute Gasteiger partial charge is 0.0711 e. The molecule has 1 aromatic carbocycles. The lowest BCUT2D eigenvalue weighted by molar-refractivity contribution is 0.596. The van der Waals surface area contributed by atoms with Gasteiger partial charge < -0.3 is 0 Å². The minimum absolute atomic E-state index is 0.176. The number of benzene rings is 1. The van der Waals surface area contributed by atoms with Crippen LogP contribution in [0.5, 0.6) is 0 Å². The van der Waals surface area contributed by atoms with Gasteiger partial charge in [-0.05, 0) is 23.5 Å². The minimum atomic E-state index is 0.176. The van der Waals surface area contributed by atoms with Gasteiger partial charge in [-0.15, -0.1) is 0 Å². The second kappa shape index (κ2) is 3.09. The third-order valence-electron chi connectivity index (χ3n) is 2.91. The van der Waals surface area contributed by atoms with E-state index in [1.54, 1.807) is 0 Å². The fourth-order valence-corrected chi connectivity index (χ4v) is 2.13. The maximum atomic E-state index is 4.35. The molecule has 2 nitrogen and oxygen atoms in total. The first-order valence-electron chi connectivity index (χ1n) is 5.33. The number of rotatable bonds is 0. The van der Waals surface area contributed by atoms with E-state index in [0.717, 1.165) is 0 Å². The Balaban J connectivity index is 2.85. The van der Waals surface area contributed by atoms with Crippen LogP contribution in [-0.2, 0) is 12.5 Å². The van der Waals surface area contributed by atoms with Gasteiger partial charge in [-0.3, -0.25) is 4.68 Å². The van der Waals surface area contributed by atoms with E-state index in [0.29, 0.717) is 0 Å². The zero-order valence-electron chi connectivity index (χ0n) is 10.1. The first kappa shape index (κ1) is 10.2. The summed E-state index contributed by atoms with van der Waals surface area (Å²) in [5.74, 6) is 0. The SMILES string of the molecule is Cc1ccc(C(C)(C)C)c2cnn(C)c12. The third kappa shape index (κ3) is 1.54. The summed E-state index contributed by atoms with van der Waals surface area (Å²) >= 11 is 0. The van der Waals surface area contributed by atoms with Gasteiger partial charge in [0.1, 0.15) is 0 Å². The summed E-state index contributed by atoms with van der Waals surface area (Å²) in [6.07, 6.45) is 1.98. The van der Waals surface area contributed by atoms with Crippen molar-refractivity contribution in [2.24, 2.45) is 7.05 Å². The van der Waals surface area contributed by atoms with E-state index in [1.165, 1.54) is 22.0 Å².